The molecule has 0 aliphatic rings. The highest BCUT2D eigenvalue weighted by molar-refractivity contribution is 7.89. The summed E-state index contributed by atoms with van der Waals surface area (Å²) in [6.07, 6.45) is 2.91. The van der Waals surface area contributed by atoms with Gasteiger partial charge in [-0.1, -0.05) is 66.7 Å². The number of carbonyl (C=O) groups excluding carboxylic acids is 1. The van der Waals surface area contributed by atoms with E-state index in [-0.39, 0.29) is 23.9 Å². The summed E-state index contributed by atoms with van der Waals surface area (Å²) in [6.45, 7) is 7.81. The third-order valence-corrected chi connectivity index (χ3v) is 7.80. The number of benzene rings is 2. The van der Waals surface area contributed by atoms with Gasteiger partial charge in [-0.25, -0.2) is 8.42 Å². The lowest BCUT2D eigenvalue weighted by Gasteiger charge is -2.24. The van der Waals surface area contributed by atoms with Gasteiger partial charge in [0.1, 0.15) is 0 Å². The molecular weight excluding hydrogens is 455 g/mol. The van der Waals surface area contributed by atoms with Crippen molar-refractivity contribution in [3.8, 4) is 0 Å². The summed E-state index contributed by atoms with van der Waals surface area (Å²) in [5.74, 6) is -0.331. The zero-order chi connectivity index (χ0) is 23.2. The number of halogens is 2. The fourth-order valence-electron chi connectivity index (χ4n) is 3.59. The lowest BCUT2D eigenvalue weighted by molar-refractivity contribution is -0.121. The Labute approximate surface area is 195 Å². The molecule has 31 heavy (non-hydrogen) atoms. The zero-order valence-electron chi connectivity index (χ0n) is 18.5. The van der Waals surface area contributed by atoms with Crippen LogP contribution in [0.15, 0.2) is 35.2 Å². The third-order valence-electron chi connectivity index (χ3n) is 4.97. The van der Waals surface area contributed by atoms with Gasteiger partial charge in [-0.15, -0.1) is 0 Å². The molecule has 0 fully saturated rings. The van der Waals surface area contributed by atoms with Gasteiger partial charge < -0.3 is 5.32 Å². The SMILES string of the molecule is CCCCCNC(=O)CN(Cc1ccc(Cl)c(Cl)c1)S(=O)(=O)c1c(C)cc(C)cc1C. The molecule has 0 unspecified atom stereocenters. The largest absolute Gasteiger partial charge is 0.355 e. The van der Waals surface area contributed by atoms with E-state index in [1.807, 2.05) is 19.1 Å². The van der Waals surface area contributed by atoms with E-state index < -0.39 is 10.0 Å². The van der Waals surface area contributed by atoms with Crippen molar-refractivity contribution < 1.29 is 13.2 Å². The molecule has 0 aliphatic carbocycles. The van der Waals surface area contributed by atoms with Gasteiger partial charge in [-0.05, 0) is 56.0 Å². The normalized spacial score (nSPS) is 11.7. The molecule has 0 aromatic heterocycles. The summed E-state index contributed by atoms with van der Waals surface area (Å²) in [7, 11) is -3.93. The molecule has 0 heterocycles. The molecule has 170 valence electrons. The fourth-order valence-corrected chi connectivity index (χ4v) is 5.71. The van der Waals surface area contributed by atoms with E-state index in [0.29, 0.717) is 33.3 Å². The molecule has 2 aromatic rings. The minimum atomic E-state index is -3.93. The van der Waals surface area contributed by atoms with E-state index >= 15 is 0 Å². The van der Waals surface area contributed by atoms with Crippen molar-refractivity contribution in [2.24, 2.45) is 0 Å². The molecule has 1 amide bonds. The smallest absolute Gasteiger partial charge is 0.244 e. The van der Waals surface area contributed by atoms with Crippen molar-refractivity contribution in [1.29, 1.82) is 0 Å². The third kappa shape index (κ3) is 6.94. The lowest BCUT2D eigenvalue weighted by atomic mass is 10.1. The van der Waals surface area contributed by atoms with Crippen LogP contribution < -0.4 is 5.32 Å². The summed E-state index contributed by atoms with van der Waals surface area (Å²) in [4.78, 5) is 12.8. The summed E-state index contributed by atoms with van der Waals surface area (Å²) in [6, 6.07) is 8.63. The molecule has 2 rings (SSSR count). The maximum atomic E-state index is 13.6. The number of hydrogen-bond donors (Lipinski definition) is 1. The number of hydrogen-bond acceptors (Lipinski definition) is 3. The fraction of sp³-hybridized carbons (Fsp3) is 0.435. The Morgan fingerprint density at radius 3 is 2.23 bits per heavy atom. The predicted octanol–water partition coefficient (Wildman–Crippen LogP) is 5.42. The van der Waals surface area contributed by atoms with Gasteiger partial charge in [-0.2, -0.15) is 4.31 Å². The Hall–Kier alpha value is -1.60. The highest BCUT2D eigenvalue weighted by atomic mass is 35.5. The topological polar surface area (TPSA) is 66.5 Å². The van der Waals surface area contributed by atoms with Crippen molar-refractivity contribution in [2.75, 3.05) is 13.1 Å². The van der Waals surface area contributed by atoms with Crippen LogP contribution in [0, 0.1) is 20.8 Å². The first-order chi connectivity index (χ1) is 14.6. The predicted molar refractivity (Wildman–Crippen MR) is 127 cm³/mol. The Bertz CT molecular complexity index is 1020. The molecule has 0 bridgehead atoms. The second-order valence-corrected chi connectivity index (χ2v) is 10.5. The molecule has 8 heteroatoms. The standard InChI is InChI=1S/C23H30Cl2N2O3S/c1-5-6-7-10-26-22(28)15-27(14-19-8-9-20(24)21(25)13-19)31(29,30)23-17(3)11-16(2)12-18(23)4/h8-9,11-13H,5-7,10,14-15H2,1-4H3,(H,26,28). The number of carbonyl (C=O) groups is 1. The van der Waals surface area contributed by atoms with E-state index in [2.05, 4.69) is 12.2 Å². The molecule has 0 radical (unpaired) electrons. The summed E-state index contributed by atoms with van der Waals surface area (Å²) in [5, 5.41) is 3.55. The monoisotopic (exact) mass is 484 g/mol. The van der Waals surface area contributed by atoms with Crippen LogP contribution in [0.3, 0.4) is 0 Å². The van der Waals surface area contributed by atoms with Crippen molar-refractivity contribution in [1.82, 2.24) is 9.62 Å². The van der Waals surface area contributed by atoms with Crippen LogP contribution in [-0.4, -0.2) is 31.7 Å². The molecule has 0 saturated heterocycles. The first-order valence-electron chi connectivity index (χ1n) is 10.3. The molecule has 0 atom stereocenters. The number of aryl methyl sites for hydroxylation is 3. The van der Waals surface area contributed by atoms with Gasteiger partial charge in [0, 0.05) is 13.1 Å². The zero-order valence-corrected chi connectivity index (χ0v) is 20.8. The molecular formula is C23H30Cl2N2O3S. The van der Waals surface area contributed by atoms with Crippen LogP contribution in [-0.2, 0) is 21.4 Å². The average Bonchev–Trinajstić information content (AvgIpc) is 2.66. The summed E-state index contributed by atoms with van der Waals surface area (Å²) < 4.78 is 28.5. The molecule has 0 spiro atoms. The quantitative estimate of drug-likeness (QED) is 0.458. The van der Waals surface area contributed by atoms with Gasteiger partial charge in [0.2, 0.25) is 15.9 Å². The first kappa shape index (κ1) is 25.7. The molecule has 0 aliphatic heterocycles. The van der Waals surface area contributed by atoms with Crippen LogP contribution in [0.4, 0.5) is 0 Å². The van der Waals surface area contributed by atoms with Gasteiger partial charge in [0.25, 0.3) is 0 Å². The Morgan fingerprint density at radius 1 is 1.00 bits per heavy atom. The van der Waals surface area contributed by atoms with Crippen molar-refractivity contribution in [3.05, 3.63) is 62.6 Å². The van der Waals surface area contributed by atoms with Crippen molar-refractivity contribution in [3.63, 3.8) is 0 Å². The van der Waals surface area contributed by atoms with Crippen LogP contribution in [0.25, 0.3) is 0 Å². The van der Waals surface area contributed by atoms with Gasteiger partial charge in [0.05, 0.1) is 21.5 Å². The number of sulfonamides is 1. The molecule has 1 N–H and O–H groups in total. The lowest BCUT2D eigenvalue weighted by Crippen LogP contribution is -2.41. The van der Waals surface area contributed by atoms with Crippen LogP contribution >= 0.6 is 23.2 Å². The van der Waals surface area contributed by atoms with Gasteiger partial charge in [-0.3, -0.25) is 4.79 Å². The van der Waals surface area contributed by atoms with Crippen molar-refractivity contribution in [2.45, 2.75) is 58.4 Å². The van der Waals surface area contributed by atoms with E-state index in [1.165, 1.54) is 4.31 Å². The minimum absolute atomic E-state index is 0.00829. The average molecular weight is 485 g/mol. The molecule has 2 aromatic carbocycles. The number of rotatable bonds is 10. The number of nitrogens with zero attached hydrogens (tertiary/aromatic N) is 1. The van der Waals surface area contributed by atoms with E-state index in [4.69, 9.17) is 23.2 Å². The van der Waals surface area contributed by atoms with Crippen LogP contribution in [0.2, 0.25) is 10.0 Å². The Kier molecular flexibility index (Phi) is 9.37. The maximum Gasteiger partial charge on any atom is 0.244 e. The second-order valence-electron chi connectivity index (χ2n) is 7.81. The molecule has 5 nitrogen and oxygen atoms in total. The van der Waals surface area contributed by atoms with Gasteiger partial charge in [0.15, 0.2) is 0 Å². The Balaban J connectivity index is 2.38. The number of unbranched alkanes of at least 4 members (excludes halogenated alkanes) is 2. The second kappa shape index (κ2) is 11.3. The molecule has 0 saturated carbocycles. The van der Waals surface area contributed by atoms with E-state index in [1.54, 1.807) is 32.0 Å². The van der Waals surface area contributed by atoms with E-state index in [0.717, 1.165) is 24.8 Å². The number of amides is 1. The first-order valence-corrected chi connectivity index (χ1v) is 12.5. The minimum Gasteiger partial charge on any atom is -0.355 e. The Morgan fingerprint density at radius 2 is 1.65 bits per heavy atom. The van der Waals surface area contributed by atoms with Gasteiger partial charge >= 0.3 is 0 Å². The highest BCUT2D eigenvalue weighted by Gasteiger charge is 2.30. The van der Waals surface area contributed by atoms with Crippen LogP contribution in [0.1, 0.15) is 48.4 Å². The maximum absolute atomic E-state index is 13.6. The summed E-state index contributed by atoms with van der Waals surface area (Å²) in [5.41, 5.74) is 2.94. The van der Waals surface area contributed by atoms with Crippen LogP contribution in [0.5, 0.6) is 0 Å². The van der Waals surface area contributed by atoms with Crippen molar-refractivity contribution >= 4 is 39.1 Å². The highest BCUT2D eigenvalue weighted by Crippen LogP contribution is 2.28. The van der Waals surface area contributed by atoms with E-state index in [9.17, 15) is 13.2 Å². The summed E-state index contributed by atoms with van der Waals surface area (Å²) >= 11 is 12.1. The number of nitrogens with one attached hydrogen (secondary N) is 1.